The molecule has 1 aromatic heterocycles. The van der Waals surface area contributed by atoms with Crippen molar-refractivity contribution in [1.29, 1.82) is 0 Å². The summed E-state index contributed by atoms with van der Waals surface area (Å²) >= 11 is 1.95. The van der Waals surface area contributed by atoms with Crippen LogP contribution in [0.15, 0.2) is 29.2 Å². The van der Waals surface area contributed by atoms with Crippen LogP contribution in [0.5, 0.6) is 0 Å². The summed E-state index contributed by atoms with van der Waals surface area (Å²) in [7, 11) is 0. The van der Waals surface area contributed by atoms with E-state index in [2.05, 4.69) is 41.4 Å². The zero-order valence-corrected chi connectivity index (χ0v) is 14.9. The summed E-state index contributed by atoms with van der Waals surface area (Å²) < 4.78 is 0. The molecule has 2 aliphatic rings. The van der Waals surface area contributed by atoms with E-state index in [1.807, 2.05) is 16.7 Å². The van der Waals surface area contributed by atoms with Crippen LogP contribution in [0, 0.1) is 6.92 Å². The number of aromatic amines is 1. The van der Waals surface area contributed by atoms with E-state index >= 15 is 0 Å². The average molecular weight is 341 g/mol. The monoisotopic (exact) mass is 341 g/mol. The number of H-pyrrole nitrogens is 1. The maximum atomic E-state index is 12.8. The number of carbonyl (C=O) groups excluding carboxylic acids is 1. The highest BCUT2D eigenvalue weighted by Gasteiger charge is 2.29. The molecule has 0 atom stereocenters. The fourth-order valence-corrected chi connectivity index (χ4v) is 4.95. The number of likely N-dealkylation sites (tertiary alicyclic amines) is 1. The maximum Gasteiger partial charge on any atom is 0.274 e. The molecule has 1 aliphatic carbocycles. The van der Waals surface area contributed by atoms with E-state index in [0.29, 0.717) is 10.9 Å². The fourth-order valence-electron chi connectivity index (χ4n) is 3.70. The van der Waals surface area contributed by atoms with Crippen molar-refractivity contribution in [1.82, 2.24) is 15.1 Å². The van der Waals surface area contributed by atoms with E-state index in [-0.39, 0.29) is 5.91 Å². The first-order valence-corrected chi connectivity index (χ1v) is 9.67. The molecular weight excluding hydrogens is 318 g/mol. The Labute approximate surface area is 147 Å². The number of aryl methyl sites for hydroxylation is 2. The topological polar surface area (TPSA) is 49.0 Å². The number of benzene rings is 1. The minimum Gasteiger partial charge on any atom is -0.337 e. The number of thioether (sulfide) groups is 1. The van der Waals surface area contributed by atoms with Gasteiger partial charge in [-0.3, -0.25) is 9.89 Å². The van der Waals surface area contributed by atoms with E-state index in [0.717, 1.165) is 50.8 Å². The van der Waals surface area contributed by atoms with Gasteiger partial charge in [0.05, 0.1) is 0 Å². The van der Waals surface area contributed by atoms with Crippen molar-refractivity contribution in [3.05, 3.63) is 46.8 Å². The maximum absolute atomic E-state index is 12.8. The second-order valence-corrected chi connectivity index (χ2v) is 8.18. The molecule has 1 aliphatic heterocycles. The smallest absolute Gasteiger partial charge is 0.274 e. The van der Waals surface area contributed by atoms with E-state index in [9.17, 15) is 4.79 Å². The van der Waals surface area contributed by atoms with Gasteiger partial charge in [-0.25, -0.2) is 0 Å². The molecule has 1 saturated heterocycles. The Morgan fingerprint density at radius 2 is 2.12 bits per heavy atom. The van der Waals surface area contributed by atoms with Crippen molar-refractivity contribution < 1.29 is 4.79 Å². The number of carbonyl (C=O) groups is 1. The Hall–Kier alpha value is -1.75. The average Bonchev–Trinajstić information content (AvgIpc) is 3.18. The molecule has 1 N–H and O–H groups in total. The van der Waals surface area contributed by atoms with Crippen LogP contribution in [0.3, 0.4) is 0 Å². The Morgan fingerprint density at radius 3 is 2.92 bits per heavy atom. The molecule has 0 bridgehead atoms. The first kappa shape index (κ1) is 15.8. The van der Waals surface area contributed by atoms with Crippen LogP contribution in [0.2, 0.25) is 0 Å². The normalized spacial score (nSPS) is 18.0. The summed E-state index contributed by atoms with van der Waals surface area (Å²) in [6.07, 6.45) is 5.27. The van der Waals surface area contributed by atoms with E-state index in [4.69, 9.17) is 0 Å². The van der Waals surface area contributed by atoms with Gasteiger partial charge in [-0.1, -0.05) is 17.7 Å². The summed E-state index contributed by atoms with van der Waals surface area (Å²) in [5.74, 6) is 0.119. The van der Waals surface area contributed by atoms with Gasteiger partial charge in [0, 0.05) is 34.5 Å². The van der Waals surface area contributed by atoms with Crippen LogP contribution in [0.25, 0.3) is 0 Å². The number of amides is 1. The van der Waals surface area contributed by atoms with Gasteiger partial charge in [-0.2, -0.15) is 5.10 Å². The second kappa shape index (κ2) is 6.63. The molecule has 126 valence electrons. The Morgan fingerprint density at radius 1 is 1.29 bits per heavy atom. The molecule has 1 fully saturated rings. The highest BCUT2D eigenvalue weighted by Crippen LogP contribution is 2.31. The van der Waals surface area contributed by atoms with Crippen molar-refractivity contribution >= 4 is 17.7 Å². The van der Waals surface area contributed by atoms with Crippen LogP contribution in [0.1, 0.15) is 46.6 Å². The van der Waals surface area contributed by atoms with Gasteiger partial charge < -0.3 is 4.90 Å². The standard InChI is InChI=1S/C19H23N3OS/c1-13-4-2-5-15(12-13)24-14-8-10-22(11-9-14)19(23)18-16-6-3-7-17(16)20-21-18/h2,4-5,12,14H,3,6-11H2,1H3,(H,20,21). The van der Waals surface area contributed by atoms with Gasteiger partial charge in [-0.15, -0.1) is 11.8 Å². The van der Waals surface area contributed by atoms with Crippen molar-refractivity contribution in [2.24, 2.45) is 0 Å². The van der Waals surface area contributed by atoms with Crippen LogP contribution in [-0.4, -0.2) is 39.3 Å². The van der Waals surface area contributed by atoms with E-state index in [1.165, 1.54) is 16.2 Å². The Bertz CT molecular complexity index is 747. The molecule has 4 nitrogen and oxygen atoms in total. The van der Waals surface area contributed by atoms with Gasteiger partial charge >= 0.3 is 0 Å². The van der Waals surface area contributed by atoms with Gasteiger partial charge in [-0.05, 0) is 51.2 Å². The Kier molecular flexibility index (Phi) is 4.35. The number of nitrogens with one attached hydrogen (secondary N) is 1. The number of hydrogen-bond donors (Lipinski definition) is 1. The van der Waals surface area contributed by atoms with Gasteiger partial charge in [0.25, 0.3) is 5.91 Å². The summed E-state index contributed by atoms with van der Waals surface area (Å²) in [4.78, 5) is 16.1. The first-order valence-electron chi connectivity index (χ1n) is 8.79. The molecule has 4 rings (SSSR count). The quantitative estimate of drug-likeness (QED) is 0.928. The van der Waals surface area contributed by atoms with Crippen LogP contribution >= 0.6 is 11.8 Å². The van der Waals surface area contributed by atoms with E-state index in [1.54, 1.807) is 0 Å². The minimum atomic E-state index is 0.119. The molecule has 0 radical (unpaired) electrons. The van der Waals surface area contributed by atoms with Crippen molar-refractivity contribution in [3.8, 4) is 0 Å². The summed E-state index contributed by atoms with van der Waals surface area (Å²) in [5.41, 5.74) is 4.31. The van der Waals surface area contributed by atoms with Gasteiger partial charge in [0.1, 0.15) is 0 Å². The minimum absolute atomic E-state index is 0.119. The van der Waals surface area contributed by atoms with Crippen LogP contribution in [-0.2, 0) is 12.8 Å². The lowest BCUT2D eigenvalue weighted by Crippen LogP contribution is -2.39. The predicted octanol–water partition coefficient (Wildman–Crippen LogP) is 3.60. The van der Waals surface area contributed by atoms with E-state index < -0.39 is 0 Å². The van der Waals surface area contributed by atoms with Crippen molar-refractivity contribution in [2.45, 2.75) is 49.2 Å². The molecule has 0 unspecified atom stereocenters. The number of nitrogens with zero attached hydrogens (tertiary/aromatic N) is 2. The van der Waals surface area contributed by atoms with Gasteiger partial charge in [0.2, 0.25) is 0 Å². The van der Waals surface area contributed by atoms with Crippen molar-refractivity contribution in [3.63, 3.8) is 0 Å². The third kappa shape index (κ3) is 3.09. The molecule has 1 amide bonds. The zero-order valence-electron chi connectivity index (χ0n) is 14.0. The molecular formula is C19H23N3OS. The third-order valence-corrected chi connectivity index (χ3v) is 6.36. The molecule has 2 heterocycles. The van der Waals surface area contributed by atoms with Crippen LogP contribution < -0.4 is 0 Å². The molecule has 2 aromatic rings. The predicted molar refractivity (Wildman–Crippen MR) is 96.6 cm³/mol. The highest BCUT2D eigenvalue weighted by molar-refractivity contribution is 8.00. The Balaban J connectivity index is 1.36. The lowest BCUT2D eigenvalue weighted by atomic mass is 10.1. The number of piperidine rings is 1. The van der Waals surface area contributed by atoms with Crippen molar-refractivity contribution in [2.75, 3.05) is 13.1 Å². The lowest BCUT2D eigenvalue weighted by molar-refractivity contribution is 0.0720. The number of fused-ring (bicyclic) bond motifs is 1. The van der Waals surface area contributed by atoms with Gasteiger partial charge in [0.15, 0.2) is 5.69 Å². The molecule has 24 heavy (non-hydrogen) atoms. The molecule has 0 spiro atoms. The molecule has 1 aromatic carbocycles. The number of hydrogen-bond acceptors (Lipinski definition) is 3. The number of aromatic nitrogens is 2. The zero-order chi connectivity index (χ0) is 16.5. The SMILES string of the molecule is Cc1cccc(SC2CCN(C(=O)c3n[nH]c4c3CCC4)CC2)c1. The number of rotatable bonds is 3. The lowest BCUT2D eigenvalue weighted by Gasteiger charge is -2.31. The molecule has 0 saturated carbocycles. The summed E-state index contributed by atoms with van der Waals surface area (Å²) in [5, 5.41) is 7.94. The largest absolute Gasteiger partial charge is 0.337 e. The fraction of sp³-hybridized carbons (Fsp3) is 0.474. The second-order valence-electron chi connectivity index (χ2n) is 6.81. The highest BCUT2D eigenvalue weighted by atomic mass is 32.2. The first-order chi connectivity index (χ1) is 11.7. The summed E-state index contributed by atoms with van der Waals surface area (Å²) in [6.45, 7) is 3.81. The third-order valence-electron chi connectivity index (χ3n) is 5.03. The van der Waals surface area contributed by atoms with Crippen LogP contribution in [0.4, 0.5) is 0 Å². The summed E-state index contributed by atoms with van der Waals surface area (Å²) in [6, 6.07) is 8.68. The molecule has 5 heteroatoms.